The van der Waals surface area contributed by atoms with E-state index < -0.39 is 0 Å². The highest BCUT2D eigenvalue weighted by molar-refractivity contribution is 5.77. The van der Waals surface area contributed by atoms with Crippen molar-refractivity contribution in [1.82, 2.24) is 29.3 Å². The molecule has 1 aromatic carbocycles. The standard InChI is InChI=1S/C30H42N8/c1-6-25(37-15-13-36(5)14-16-37)12-11-23(4)32-29-31-20-27-28(35-29)38(26-9-7-8-10-26)30(34-27)33-24-18-21(2)17-22(3)19-24/h6,17-20,26H,4,7-16H2,1-3,5H3,(H,33,34)(H,31,32,35)/b25-6+. The molecule has 5 rings (SSSR count). The van der Waals surface area contributed by atoms with Gasteiger partial charge in [-0.3, -0.25) is 4.57 Å². The summed E-state index contributed by atoms with van der Waals surface area (Å²) in [4.78, 5) is 19.3. The number of hydrogen-bond donors (Lipinski definition) is 2. The predicted octanol–water partition coefficient (Wildman–Crippen LogP) is 6.16. The highest BCUT2D eigenvalue weighted by atomic mass is 15.3. The Morgan fingerprint density at radius 3 is 2.42 bits per heavy atom. The fourth-order valence-electron chi connectivity index (χ4n) is 5.80. The first-order valence-corrected chi connectivity index (χ1v) is 14.0. The van der Waals surface area contributed by atoms with Gasteiger partial charge in [0.15, 0.2) is 5.65 Å². The van der Waals surface area contributed by atoms with Crippen molar-refractivity contribution in [3.05, 3.63) is 59.6 Å². The van der Waals surface area contributed by atoms with Crippen LogP contribution in [0.4, 0.5) is 17.6 Å². The molecule has 0 unspecified atom stereocenters. The lowest BCUT2D eigenvalue weighted by atomic mass is 10.1. The highest BCUT2D eigenvalue weighted by Crippen LogP contribution is 2.36. The molecule has 0 radical (unpaired) electrons. The van der Waals surface area contributed by atoms with Crippen LogP contribution in [0.5, 0.6) is 0 Å². The molecule has 0 amide bonds. The van der Waals surface area contributed by atoms with Gasteiger partial charge in [0.05, 0.1) is 6.20 Å². The van der Waals surface area contributed by atoms with E-state index in [-0.39, 0.29) is 0 Å². The second-order valence-corrected chi connectivity index (χ2v) is 10.9. The quantitative estimate of drug-likeness (QED) is 0.354. The zero-order valence-electron chi connectivity index (χ0n) is 23.4. The maximum atomic E-state index is 4.95. The van der Waals surface area contributed by atoms with Gasteiger partial charge in [0, 0.05) is 49.3 Å². The van der Waals surface area contributed by atoms with Crippen LogP contribution in [-0.4, -0.2) is 62.5 Å². The minimum atomic E-state index is 0.389. The molecule has 3 aromatic rings. The van der Waals surface area contributed by atoms with Crippen LogP contribution in [-0.2, 0) is 0 Å². The lowest BCUT2D eigenvalue weighted by Gasteiger charge is -2.35. The van der Waals surface area contributed by atoms with E-state index in [2.05, 4.69) is 88.7 Å². The van der Waals surface area contributed by atoms with Crippen LogP contribution < -0.4 is 10.6 Å². The van der Waals surface area contributed by atoms with Gasteiger partial charge in [0.2, 0.25) is 11.9 Å². The monoisotopic (exact) mass is 514 g/mol. The number of rotatable bonds is 9. The minimum Gasteiger partial charge on any atom is -0.373 e. The van der Waals surface area contributed by atoms with Gasteiger partial charge in [-0.1, -0.05) is 31.6 Å². The third-order valence-corrected chi connectivity index (χ3v) is 7.81. The van der Waals surface area contributed by atoms with Gasteiger partial charge < -0.3 is 20.4 Å². The second kappa shape index (κ2) is 11.6. The van der Waals surface area contributed by atoms with Crippen LogP contribution in [0.25, 0.3) is 11.2 Å². The van der Waals surface area contributed by atoms with Crippen molar-refractivity contribution in [2.24, 2.45) is 0 Å². The molecule has 1 saturated heterocycles. The van der Waals surface area contributed by atoms with Crippen molar-refractivity contribution < 1.29 is 0 Å². The minimum absolute atomic E-state index is 0.389. The van der Waals surface area contributed by atoms with E-state index in [0.29, 0.717) is 12.0 Å². The van der Waals surface area contributed by atoms with Crippen molar-refractivity contribution >= 4 is 28.7 Å². The third-order valence-electron chi connectivity index (χ3n) is 7.81. The summed E-state index contributed by atoms with van der Waals surface area (Å²) in [6.45, 7) is 15.1. The summed E-state index contributed by atoms with van der Waals surface area (Å²) in [6, 6.07) is 6.90. The van der Waals surface area contributed by atoms with Crippen LogP contribution in [0.3, 0.4) is 0 Å². The van der Waals surface area contributed by atoms with Crippen LogP contribution >= 0.6 is 0 Å². The van der Waals surface area contributed by atoms with E-state index in [1.165, 1.54) is 29.7 Å². The number of aromatic nitrogens is 4. The number of aryl methyl sites for hydroxylation is 2. The normalized spacial score (nSPS) is 17.4. The molecule has 0 atom stereocenters. The van der Waals surface area contributed by atoms with Crippen LogP contribution in [0, 0.1) is 13.8 Å². The summed E-state index contributed by atoms with van der Waals surface area (Å²) in [7, 11) is 2.19. The number of nitrogens with one attached hydrogen (secondary N) is 2. The first-order valence-electron chi connectivity index (χ1n) is 14.0. The number of hydrogen-bond acceptors (Lipinski definition) is 7. The van der Waals surface area contributed by atoms with Crippen LogP contribution in [0.1, 0.15) is 62.6 Å². The smallest absolute Gasteiger partial charge is 0.229 e. The molecule has 8 heteroatoms. The maximum Gasteiger partial charge on any atom is 0.229 e. The number of fused-ring (bicyclic) bond motifs is 1. The fourth-order valence-corrected chi connectivity index (χ4v) is 5.80. The number of piperazine rings is 1. The Morgan fingerprint density at radius 1 is 1.03 bits per heavy atom. The summed E-state index contributed by atoms with van der Waals surface area (Å²) in [5.74, 6) is 1.42. The average Bonchev–Trinajstić information content (AvgIpc) is 3.52. The molecule has 1 aliphatic heterocycles. The Bertz CT molecular complexity index is 1290. The van der Waals surface area contributed by atoms with E-state index in [4.69, 9.17) is 9.97 Å². The molecule has 2 aliphatic rings. The van der Waals surface area contributed by atoms with Gasteiger partial charge >= 0.3 is 0 Å². The van der Waals surface area contributed by atoms with Crippen molar-refractivity contribution in [2.75, 3.05) is 43.9 Å². The van der Waals surface area contributed by atoms with E-state index in [9.17, 15) is 0 Å². The molecule has 1 aliphatic carbocycles. The van der Waals surface area contributed by atoms with Gasteiger partial charge in [0.1, 0.15) is 5.52 Å². The molecule has 3 heterocycles. The molecule has 38 heavy (non-hydrogen) atoms. The van der Waals surface area contributed by atoms with Gasteiger partial charge in [-0.05, 0) is 76.8 Å². The van der Waals surface area contributed by atoms with Crippen molar-refractivity contribution in [2.45, 2.75) is 65.3 Å². The molecule has 0 bridgehead atoms. The number of benzene rings is 1. The number of allylic oxidation sites excluding steroid dienone is 3. The van der Waals surface area contributed by atoms with Gasteiger partial charge in [-0.2, -0.15) is 4.98 Å². The SMILES string of the molecule is C=C(CC/C(=C\C)N1CCN(C)CC1)Nc1ncc2nc(Nc3cc(C)cc(C)c3)n(C3CCCC3)c2n1. The second-order valence-electron chi connectivity index (χ2n) is 10.9. The largest absolute Gasteiger partial charge is 0.373 e. The summed E-state index contributed by atoms with van der Waals surface area (Å²) in [6.07, 6.45) is 10.6. The summed E-state index contributed by atoms with van der Waals surface area (Å²) in [5, 5.41) is 6.97. The Hall–Kier alpha value is -3.39. The van der Waals surface area contributed by atoms with Crippen molar-refractivity contribution in [3.8, 4) is 0 Å². The number of anilines is 3. The first kappa shape index (κ1) is 26.2. The predicted molar refractivity (Wildman–Crippen MR) is 157 cm³/mol. The Labute approximate surface area is 226 Å². The molecule has 0 spiro atoms. The van der Waals surface area contributed by atoms with Gasteiger partial charge in [-0.25, -0.2) is 9.97 Å². The maximum absolute atomic E-state index is 4.95. The molecule has 2 aromatic heterocycles. The summed E-state index contributed by atoms with van der Waals surface area (Å²) >= 11 is 0. The molecule has 8 nitrogen and oxygen atoms in total. The number of imidazole rings is 1. The Balaban J connectivity index is 1.32. The molecule has 2 N–H and O–H groups in total. The zero-order chi connectivity index (χ0) is 26.6. The zero-order valence-corrected chi connectivity index (χ0v) is 23.4. The Kier molecular flexibility index (Phi) is 7.98. The molecular weight excluding hydrogens is 472 g/mol. The lowest BCUT2D eigenvalue weighted by Crippen LogP contribution is -2.43. The van der Waals surface area contributed by atoms with Crippen LogP contribution in [0.15, 0.2) is 48.4 Å². The molecule has 2 fully saturated rings. The first-order chi connectivity index (χ1) is 18.4. The lowest BCUT2D eigenvalue weighted by molar-refractivity contribution is 0.182. The molecule has 1 saturated carbocycles. The van der Waals surface area contributed by atoms with Crippen LogP contribution in [0.2, 0.25) is 0 Å². The van der Waals surface area contributed by atoms with Gasteiger partial charge in [-0.15, -0.1) is 0 Å². The van der Waals surface area contributed by atoms with Crippen molar-refractivity contribution in [3.63, 3.8) is 0 Å². The third kappa shape index (κ3) is 6.01. The van der Waals surface area contributed by atoms with E-state index in [1.54, 1.807) is 0 Å². The van der Waals surface area contributed by atoms with E-state index in [0.717, 1.165) is 80.4 Å². The molecule has 202 valence electrons. The van der Waals surface area contributed by atoms with E-state index >= 15 is 0 Å². The fraction of sp³-hybridized carbons (Fsp3) is 0.500. The summed E-state index contributed by atoms with van der Waals surface area (Å²) in [5.41, 5.74) is 7.52. The topological polar surface area (TPSA) is 74.1 Å². The molecular formula is C30H42N8. The highest BCUT2D eigenvalue weighted by Gasteiger charge is 2.24. The van der Waals surface area contributed by atoms with E-state index in [1.807, 2.05) is 6.20 Å². The van der Waals surface area contributed by atoms with Crippen molar-refractivity contribution in [1.29, 1.82) is 0 Å². The summed E-state index contributed by atoms with van der Waals surface area (Å²) < 4.78 is 2.29. The Morgan fingerprint density at radius 2 is 1.74 bits per heavy atom. The average molecular weight is 515 g/mol. The van der Waals surface area contributed by atoms with Gasteiger partial charge in [0.25, 0.3) is 0 Å². The number of nitrogens with zero attached hydrogens (tertiary/aromatic N) is 6. The number of likely N-dealkylation sites (N-methyl/N-ethyl adjacent to an activating group) is 1.